The van der Waals surface area contributed by atoms with Gasteiger partial charge in [-0.05, 0) is 42.6 Å². The summed E-state index contributed by atoms with van der Waals surface area (Å²) in [6.45, 7) is 0.542. The van der Waals surface area contributed by atoms with E-state index in [-0.39, 0.29) is 34.0 Å². The molecule has 4 nitrogen and oxygen atoms in total. The summed E-state index contributed by atoms with van der Waals surface area (Å²) in [5.41, 5.74) is -0.550. The number of halogens is 3. The number of nitrogens with zero attached hydrogens (tertiary/aromatic N) is 1. The second-order valence-corrected chi connectivity index (χ2v) is 7.07. The molecule has 1 N–H and O–H groups in total. The lowest BCUT2D eigenvalue weighted by Crippen LogP contribution is -2.16. The number of hydrogen-bond acceptors (Lipinski definition) is 4. The minimum Gasteiger partial charge on any atom is -0.350 e. The van der Waals surface area contributed by atoms with E-state index in [1.807, 2.05) is 0 Å². The quantitative estimate of drug-likeness (QED) is 0.440. The topological polar surface area (TPSA) is 49.4 Å². The lowest BCUT2D eigenvalue weighted by Gasteiger charge is -2.16. The molecule has 144 valence electrons. The zero-order valence-corrected chi connectivity index (χ0v) is 15.4. The van der Waals surface area contributed by atoms with Gasteiger partial charge in [0.2, 0.25) is 5.91 Å². The summed E-state index contributed by atoms with van der Waals surface area (Å²) in [7, 11) is 0. The van der Waals surface area contributed by atoms with E-state index in [1.54, 1.807) is 0 Å². The first-order valence-corrected chi connectivity index (χ1v) is 9.31. The standard InChI is InChI=1S/C20H15F3N2O2S/c1-2-12-5-6-16(15(21)8-12)24-20-13(10-26)9-14(18(22)19(20)23)11-28-25-7-3-4-17(25)27/h1,5-6,8-10,24H,3-4,7,11H2. The number of carbonyl (C=O) groups is 2. The smallest absolute Gasteiger partial charge is 0.232 e. The van der Waals surface area contributed by atoms with Gasteiger partial charge in [0.05, 0.1) is 11.4 Å². The first-order valence-electron chi connectivity index (χ1n) is 8.37. The highest BCUT2D eigenvalue weighted by Crippen LogP contribution is 2.32. The van der Waals surface area contributed by atoms with Gasteiger partial charge in [0, 0.05) is 35.4 Å². The lowest BCUT2D eigenvalue weighted by atomic mass is 10.1. The summed E-state index contributed by atoms with van der Waals surface area (Å²) in [4.78, 5) is 23.0. The van der Waals surface area contributed by atoms with Crippen molar-refractivity contribution in [1.82, 2.24) is 4.31 Å². The number of rotatable bonds is 6. The number of carbonyl (C=O) groups excluding carboxylic acids is 2. The molecule has 0 bridgehead atoms. The van der Waals surface area contributed by atoms with Gasteiger partial charge >= 0.3 is 0 Å². The first kappa shape index (κ1) is 19.8. The molecule has 28 heavy (non-hydrogen) atoms. The number of anilines is 2. The highest BCUT2D eigenvalue weighted by atomic mass is 32.2. The van der Waals surface area contributed by atoms with Crippen LogP contribution < -0.4 is 5.32 Å². The fourth-order valence-electron chi connectivity index (χ4n) is 2.77. The molecular formula is C20H15F3N2O2S. The fourth-order valence-corrected chi connectivity index (χ4v) is 3.77. The third-order valence-corrected chi connectivity index (χ3v) is 5.38. The molecule has 1 aliphatic rings. The molecule has 1 amide bonds. The summed E-state index contributed by atoms with van der Waals surface area (Å²) < 4.78 is 44.7. The van der Waals surface area contributed by atoms with Gasteiger partial charge in [0.1, 0.15) is 5.82 Å². The second kappa shape index (κ2) is 8.40. The van der Waals surface area contributed by atoms with Crippen molar-refractivity contribution in [2.24, 2.45) is 0 Å². The Morgan fingerprint density at radius 2 is 2.04 bits per heavy atom. The summed E-state index contributed by atoms with van der Waals surface area (Å²) in [5.74, 6) is -1.04. The molecular weight excluding hydrogens is 389 g/mol. The third kappa shape index (κ3) is 3.99. The first-order chi connectivity index (χ1) is 13.4. The molecule has 1 heterocycles. The highest BCUT2D eigenvalue weighted by Gasteiger charge is 2.23. The molecule has 2 aromatic carbocycles. The monoisotopic (exact) mass is 404 g/mol. The van der Waals surface area contributed by atoms with Crippen molar-refractivity contribution >= 4 is 35.5 Å². The van der Waals surface area contributed by atoms with Crippen LogP contribution in [0.5, 0.6) is 0 Å². The van der Waals surface area contributed by atoms with E-state index in [9.17, 15) is 22.8 Å². The lowest BCUT2D eigenvalue weighted by molar-refractivity contribution is -0.123. The molecule has 0 aliphatic carbocycles. The third-order valence-electron chi connectivity index (χ3n) is 4.24. The molecule has 0 radical (unpaired) electrons. The zero-order chi connectivity index (χ0) is 20.3. The normalized spacial score (nSPS) is 13.5. The van der Waals surface area contributed by atoms with Gasteiger partial charge in [0.25, 0.3) is 0 Å². The van der Waals surface area contributed by atoms with E-state index in [0.717, 1.165) is 24.4 Å². The Morgan fingerprint density at radius 1 is 1.25 bits per heavy atom. The van der Waals surface area contributed by atoms with E-state index >= 15 is 0 Å². The number of terminal acetylenes is 1. The van der Waals surface area contributed by atoms with Crippen LogP contribution in [0, 0.1) is 29.8 Å². The van der Waals surface area contributed by atoms with Crippen molar-refractivity contribution in [3.63, 3.8) is 0 Å². The van der Waals surface area contributed by atoms with Crippen molar-refractivity contribution in [2.45, 2.75) is 18.6 Å². The van der Waals surface area contributed by atoms with Crippen LogP contribution in [0.25, 0.3) is 0 Å². The molecule has 1 fully saturated rings. The van der Waals surface area contributed by atoms with Gasteiger partial charge in [-0.2, -0.15) is 0 Å². The van der Waals surface area contributed by atoms with Crippen molar-refractivity contribution in [1.29, 1.82) is 0 Å². The summed E-state index contributed by atoms with van der Waals surface area (Å²) in [5, 5.41) is 2.42. The summed E-state index contributed by atoms with van der Waals surface area (Å²) in [6, 6.07) is 4.96. The van der Waals surface area contributed by atoms with Crippen LogP contribution >= 0.6 is 11.9 Å². The van der Waals surface area contributed by atoms with Crippen LogP contribution in [-0.4, -0.2) is 23.0 Å². The van der Waals surface area contributed by atoms with Crippen molar-refractivity contribution in [3.05, 3.63) is 58.4 Å². The van der Waals surface area contributed by atoms with Crippen LogP contribution in [0.4, 0.5) is 24.5 Å². The number of nitrogens with one attached hydrogen (secondary N) is 1. The average Bonchev–Trinajstić information content (AvgIpc) is 3.10. The second-order valence-electron chi connectivity index (χ2n) is 6.08. The van der Waals surface area contributed by atoms with Crippen molar-refractivity contribution < 1.29 is 22.8 Å². The minimum atomic E-state index is -1.30. The fraction of sp³-hybridized carbons (Fsp3) is 0.200. The number of amides is 1. The molecule has 2 aromatic rings. The summed E-state index contributed by atoms with van der Waals surface area (Å²) >= 11 is 1.07. The minimum absolute atomic E-state index is 0.0131. The molecule has 0 aromatic heterocycles. The van der Waals surface area contributed by atoms with Gasteiger partial charge < -0.3 is 5.32 Å². The van der Waals surface area contributed by atoms with Gasteiger partial charge in [-0.3, -0.25) is 13.9 Å². The Kier molecular flexibility index (Phi) is 5.95. The van der Waals surface area contributed by atoms with E-state index in [1.165, 1.54) is 22.5 Å². The van der Waals surface area contributed by atoms with Crippen LogP contribution in [0.1, 0.15) is 34.3 Å². The van der Waals surface area contributed by atoms with Crippen molar-refractivity contribution in [2.75, 3.05) is 11.9 Å². The van der Waals surface area contributed by atoms with Gasteiger partial charge in [-0.1, -0.05) is 5.92 Å². The Morgan fingerprint density at radius 3 is 2.64 bits per heavy atom. The molecule has 8 heteroatoms. The molecule has 0 spiro atoms. The maximum atomic E-state index is 14.6. The number of benzene rings is 2. The highest BCUT2D eigenvalue weighted by molar-refractivity contribution is 7.96. The van der Waals surface area contributed by atoms with Crippen molar-refractivity contribution in [3.8, 4) is 12.3 Å². The molecule has 0 unspecified atom stereocenters. The molecule has 1 aliphatic heterocycles. The van der Waals surface area contributed by atoms with Gasteiger partial charge in [-0.25, -0.2) is 13.2 Å². The number of hydrogen-bond donors (Lipinski definition) is 1. The van der Waals surface area contributed by atoms with Gasteiger partial charge in [-0.15, -0.1) is 6.42 Å². The van der Waals surface area contributed by atoms with Crippen LogP contribution in [0.2, 0.25) is 0 Å². The van der Waals surface area contributed by atoms with E-state index in [0.29, 0.717) is 19.3 Å². The Bertz CT molecular complexity index is 988. The molecule has 3 rings (SSSR count). The van der Waals surface area contributed by atoms with Gasteiger partial charge in [0.15, 0.2) is 17.9 Å². The zero-order valence-electron chi connectivity index (χ0n) is 14.6. The Hall–Kier alpha value is -2.92. The van der Waals surface area contributed by atoms with Crippen LogP contribution in [0.3, 0.4) is 0 Å². The average molecular weight is 404 g/mol. The van der Waals surface area contributed by atoms with Crippen LogP contribution in [0.15, 0.2) is 24.3 Å². The largest absolute Gasteiger partial charge is 0.350 e. The van der Waals surface area contributed by atoms with Crippen LogP contribution in [-0.2, 0) is 10.5 Å². The van der Waals surface area contributed by atoms with E-state index < -0.39 is 23.1 Å². The predicted octanol–water partition coefficient (Wildman–Crippen LogP) is 4.41. The SMILES string of the molecule is C#Cc1ccc(Nc2c(C=O)cc(CSN3CCCC3=O)c(F)c2F)c(F)c1. The number of aldehydes is 1. The Balaban J connectivity index is 1.88. The molecule has 0 atom stereocenters. The van der Waals surface area contributed by atoms with E-state index in [2.05, 4.69) is 11.2 Å². The Labute approximate surface area is 164 Å². The van der Waals surface area contributed by atoms with E-state index in [4.69, 9.17) is 6.42 Å². The summed E-state index contributed by atoms with van der Waals surface area (Å²) in [6.07, 6.45) is 6.69. The predicted molar refractivity (Wildman–Crippen MR) is 102 cm³/mol. The maximum Gasteiger partial charge on any atom is 0.232 e. The maximum absolute atomic E-state index is 14.6. The molecule has 0 saturated carbocycles. The molecule has 1 saturated heterocycles.